The zero-order valence-electron chi connectivity index (χ0n) is 18.2. The number of nitrogens with zero attached hydrogens (tertiary/aromatic N) is 4. The highest BCUT2D eigenvalue weighted by molar-refractivity contribution is 5.92. The molecule has 0 N–H and O–H groups in total. The Labute approximate surface area is 174 Å². The van der Waals surface area contributed by atoms with Gasteiger partial charge in [0.2, 0.25) is 5.91 Å². The summed E-state index contributed by atoms with van der Waals surface area (Å²) in [6.07, 6.45) is 3.59. The molecule has 5 heteroatoms. The number of anilines is 1. The summed E-state index contributed by atoms with van der Waals surface area (Å²) in [6, 6.07) is 10.4. The lowest BCUT2D eigenvalue weighted by atomic mass is 10.0. The van der Waals surface area contributed by atoms with Gasteiger partial charge in [0.05, 0.1) is 0 Å². The van der Waals surface area contributed by atoms with Gasteiger partial charge in [0.25, 0.3) is 0 Å². The topological polar surface area (TPSA) is 49.3 Å². The van der Waals surface area contributed by atoms with E-state index in [-0.39, 0.29) is 5.91 Å². The van der Waals surface area contributed by atoms with E-state index in [2.05, 4.69) is 61.8 Å². The van der Waals surface area contributed by atoms with Crippen LogP contribution in [-0.2, 0) is 4.79 Å². The second-order valence-corrected chi connectivity index (χ2v) is 8.35. The van der Waals surface area contributed by atoms with E-state index in [0.717, 1.165) is 36.0 Å². The molecule has 1 saturated heterocycles. The van der Waals surface area contributed by atoms with Gasteiger partial charge in [0.15, 0.2) is 0 Å². The summed E-state index contributed by atoms with van der Waals surface area (Å²) < 4.78 is 0. The number of benzene rings is 1. The first kappa shape index (κ1) is 21.0. The lowest BCUT2D eigenvalue weighted by Gasteiger charge is -2.35. The van der Waals surface area contributed by atoms with Crippen LogP contribution in [0.15, 0.2) is 36.4 Å². The first-order valence-corrected chi connectivity index (χ1v) is 10.5. The molecule has 0 bridgehead atoms. The van der Waals surface area contributed by atoms with E-state index in [1.807, 2.05) is 24.0 Å². The van der Waals surface area contributed by atoms with Gasteiger partial charge >= 0.3 is 0 Å². The fourth-order valence-corrected chi connectivity index (χ4v) is 3.42. The van der Waals surface area contributed by atoms with Gasteiger partial charge in [0, 0.05) is 49.9 Å². The van der Waals surface area contributed by atoms with Gasteiger partial charge in [-0.3, -0.25) is 4.79 Å². The Morgan fingerprint density at radius 2 is 1.62 bits per heavy atom. The number of aromatic nitrogens is 2. The molecule has 1 aromatic heterocycles. The fourth-order valence-electron chi connectivity index (χ4n) is 3.42. The molecule has 0 unspecified atom stereocenters. The number of carbonyl (C=O) groups excluding carboxylic acids is 1. The minimum absolute atomic E-state index is 0.0688. The normalized spacial score (nSPS) is 15.0. The van der Waals surface area contributed by atoms with Gasteiger partial charge in [-0.1, -0.05) is 52.0 Å². The Balaban J connectivity index is 1.58. The van der Waals surface area contributed by atoms with Crippen LogP contribution >= 0.6 is 0 Å². The predicted molar refractivity (Wildman–Crippen MR) is 119 cm³/mol. The van der Waals surface area contributed by atoms with E-state index >= 15 is 0 Å². The van der Waals surface area contributed by atoms with Gasteiger partial charge in [-0.25, -0.2) is 9.97 Å². The number of piperazine rings is 1. The molecule has 1 aliphatic rings. The van der Waals surface area contributed by atoms with Crippen LogP contribution in [0.3, 0.4) is 0 Å². The molecule has 29 heavy (non-hydrogen) atoms. The van der Waals surface area contributed by atoms with E-state index < -0.39 is 0 Å². The van der Waals surface area contributed by atoms with Crippen molar-refractivity contribution in [2.45, 2.75) is 46.5 Å². The van der Waals surface area contributed by atoms with E-state index in [1.165, 1.54) is 5.56 Å². The van der Waals surface area contributed by atoms with E-state index in [9.17, 15) is 4.79 Å². The molecule has 2 heterocycles. The van der Waals surface area contributed by atoms with Crippen LogP contribution < -0.4 is 4.90 Å². The molecule has 3 rings (SSSR count). The number of hydrogen-bond acceptors (Lipinski definition) is 4. The average molecular weight is 393 g/mol. The standard InChI is InChI=1S/C24H32N4O/c1-17(2)21-9-6-20(7-10-21)8-11-23(29)28-14-12-27(13-15-28)22-16-19(5)25-24(26-22)18(3)4/h6-11,16-18H,12-15H2,1-5H3/b11-8+. The quantitative estimate of drug-likeness (QED) is 0.708. The second kappa shape index (κ2) is 9.21. The molecule has 0 radical (unpaired) electrons. The van der Waals surface area contributed by atoms with Crippen molar-refractivity contribution in [3.63, 3.8) is 0 Å². The molecule has 1 aliphatic heterocycles. The molecule has 5 nitrogen and oxygen atoms in total. The summed E-state index contributed by atoms with van der Waals surface area (Å²) in [7, 11) is 0. The van der Waals surface area contributed by atoms with Crippen molar-refractivity contribution in [1.29, 1.82) is 0 Å². The highest BCUT2D eigenvalue weighted by Crippen LogP contribution is 2.19. The Morgan fingerprint density at radius 3 is 2.21 bits per heavy atom. The summed E-state index contributed by atoms with van der Waals surface area (Å²) in [4.78, 5) is 26.0. The maximum atomic E-state index is 12.6. The third-order valence-corrected chi connectivity index (χ3v) is 5.31. The molecule has 1 aromatic carbocycles. The molecule has 0 saturated carbocycles. The van der Waals surface area contributed by atoms with Crippen molar-refractivity contribution < 1.29 is 4.79 Å². The van der Waals surface area contributed by atoms with Crippen molar-refractivity contribution >= 4 is 17.8 Å². The van der Waals surface area contributed by atoms with Gasteiger partial charge < -0.3 is 9.80 Å². The second-order valence-electron chi connectivity index (χ2n) is 8.35. The number of carbonyl (C=O) groups is 1. The number of amides is 1. The average Bonchev–Trinajstić information content (AvgIpc) is 2.72. The Kier molecular flexibility index (Phi) is 6.68. The third-order valence-electron chi connectivity index (χ3n) is 5.31. The van der Waals surface area contributed by atoms with Crippen molar-refractivity contribution in [3.05, 3.63) is 59.1 Å². The number of rotatable bonds is 5. The van der Waals surface area contributed by atoms with E-state index in [1.54, 1.807) is 6.08 Å². The molecule has 154 valence electrons. The molecular formula is C24H32N4O. The first-order chi connectivity index (χ1) is 13.8. The summed E-state index contributed by atoms with van der Waals surface area (Å²) in [5.41, 5.74) is 3.35. The Bertz CT molecular complexity index is 863. The summed E-state index contributed by atoms with van der Waals surface area (Å²) >= 11 is 0. The minimum Gasteiger partial charge on any atom is -0.353 e. The molecule has 0 atom stereocenters. The van der Waals surface area contributed by atoms with Gasteiger partial charge in [0.1, 0.15) is 11.6 Å². The fraction of sp³-hybridized carbons (Fsp3) is 0.458. The van der Waals surface area contributed by atoms with Crippen LogP contribution in [0.25, 0.3) is 6.08 Å². The zero-order valence-corrected chi connectivity index (χ0v) is 18.2. The summed E-state index contributed by atoms with van der Waals surface area (Å²) in [5, 5.41) is 0. The number of aryl methyl sites for hydroxylation is 1. The molecule has 2 aromatic rings. The highest BCUT2D eigenvalue weighted by Gasteiger charge is 2.21. The molecule has 1 amide bonds. The zero-order chi connectivity index (χ0) is 21.0. The molecule has 0 spiro atoms. The van der Waals surface area contributed by atoms with Gasteiger partial charge in [-0.05, 0) is 30.0 Å². The van der Waals surface area contributed by atoms with E-state index in [4.69, 9.17) is 4.98 Å². The van der Waals surface area contributed by atoms with Crippen molar-refractivity contribution in [2.75, 3.05) is 31.1 Å². The smallest absolute Gasteiger partial charge is 0.246 e. The first-order valence-electron chi connectivity index (χ1n) is 10.5. The largest absolute Gasteiger partial charge is 0.353 e. The van der Waals surface area contributed by atoms with Crippen LogP contribution in [-0.4, -0.2) is 47.0 Å². The SMILES string of the molecule is Cc1cc(N2CCN(C(=O)/C=C/c3ccc(C(C)C)cc3)CC2)nc(C(C)C)n1. The monoisotopic (exact) mass is 392 g/mol. The minimum atomic E-state index is 0.0688. The molecule has 1 fully saturated rings. The number of hydrogen-bond donors (Lipinski definition) is 0. The van der Waals surface area contributed by atoms with Crippen LogP contribution in [0.4, 0.5) is 5.82 Å². The van der Waals surface area contributed by atoms with Gasteiger partial charge in [-0.2, -0.15) is 0 Å². The maximum absolute atomic E-state index is 12.6. The van der Waals surface area contributed by atoms with Crippen LogP contribution in [0, 0.1) is 6.92 Å². The van der Waals surface area contributed by atoms with Crippen molar-refractivity contribution in [1.82, 2.24) is 14.9 Å². The van der Waals surface area contributed by atoms with Crippen LogP contribution in [0.5, 0.6) is 0 Å². The van der Waals surface area contributed by atoms with Gasteiger partial charge in [-0.15, -0.1) is 0 Å². The van der Waals surface area contributed by atoms with E-state index in [0.29, 0.717) is 24.9 Å². The Morgan fingerprint density at radius 1 is 0.966 bits per heavy atom. The Hall–Kier alpha value is -2.69. The predicted octanol–water partition coefficient (Wildman–Crippen LogP) is 4.39. The lowest BCUT2D eigenvalue weighted by Crippen LogP contribution is -2.48. The van der Waals surface area contributed by atoms with Crippen LogP contribution in [0.2, 0.25) is 0 Å². The summed E-state index contributed by atoms with van der Waals surface area (Å²) in [5.74, 6) is 2.73. The lowest BCUT2D eigenvalue weighted by molar-refractivity contribution is -0.126. The highest BCUT2D eigenvalue weighted by atomic mass is 16.2. The summed E-state index contributed by atoms with van der Waals surface area (Å²) in [6.45, 7) is 13.6. The molecule has 0 aliphatic carbocycles. The maximum Gasteiger partial charge on any atom is 0.246 e. The third kappa shape index (κ3) is 5.43. The van der Waals surface area contributed by atoms with Crippen molar-refractivity contribution in [2.24, 2.45) is 0 Å². The van der Waals surface area contributed by atoms with Crippen molar-refractivity contribution in [3.8, 4) is 0 Å². The molecular weight excluding hydrogens is 360 g/mol. The van der Waals surface area contributed by atoms with Crippen LogP contribution in [0.1, 0.15) is 62.2 Å².